The number of carbonyl (C=O) groups is 1. The molecule has 0 fully saturated rings. The van der Waals surface area contributed by atoms with Gasteiger partial charge in [-0.25, -0.2) is 13.6 Å². The van der Waals surface area contributed by atoms with Gasteiger partial charge in [0.1, 0.15) is 0 Å². The van der Waals surface area contributed by atoms with Gasteiger partial charge in [0.25, 0.3) is 0 Å². The Balaban J connectivity index is 2.11. The predicted molar refractivity (Wildman–Crippen MR) is 103 cm³/mol. The molecule has 2 aromatic rings. The Morgan fingerprint density at radius 1 is 1.15 bits per heavy atom. The number of rotatable bonds is 6. The zero-order valence-electron chi connectivity index (χ0n) is 14.0. The van der Waals surface area contributed by atoms with Gasteiger partial charge in [-0.15, -0.1) is 0 Å². The fourth-order valence-electron chi connectivity index (χ4n) is 2.12. The first-order chi connectivity index (χ1) is 12.2. The van der Waals surface area contributed by atoms with Crippen molar-refractivity contribution in [1.82, 2.24) is 0 Å². The highest BCUT2D eigenvalue weighted by molar-refractivity contribution is 9.10. The SMILES string of the molecule is COc1cc(/C=C/C(=O)Nc2ccc(S(N)(=O)=O)cc2)cc(Br)c1OC. The number of nitrogens with one attached hydrogen (secondary N) is 1. The highest BCUT2D eigenvalue weighted by atomic mass is 79.9. The van der Waals surface area contributed by atoms with Crippen LogP contribution >= 0.6 is 15.9 Å². The Morgan fingerprint density at radius 3 is 2.35 bits per heavy atom. The second kappa shape index (κ2) is 8.35. The van der Waals surface area contributed by atoms with Crippen molar-refractivity contribution in [1.29, 1.82) is 0 Å². The minimum atomic E-state index is -3.76. The molecule has 0 aliphatic carbocycles. The van der Waals surface area contributed by atoms with Gasteiger partial charge in [-0.3, -0.25) is 4.79 Å². The monoisotopic (exact) mass is 440 g/mol. The van der Waals surface area contributed by atoms with Crippen molar-refractivity contribution in [3.63, 3.8) is 0 Å². The number of hydrogen-bond acceptors (Lipinski definition) is 5. The summed E-state index contributed by atoms with van der Waals surface area (Å²) < 4.78 is 33.6. The summed E-state index contributed by atoms with van der Waals surface area (Å²) >= 11 is 3.38. The molecule has 2 rings (SSSR count). The van der Waals surface area contributed by atoms with Gasteiger partial charge in [0.05, 0.1) is 23.6 Å². The van der Waals surface area contributed by atoms with Crippen molar-refractivity contribution >= 4 is 43.6 Å². The molecule has 26 heavy (non-hydrogen) atoms. The van der Waals surface area contributed by atoms with Crippen LogP contribution in [0, 0.1) is 0 Å². The zero-order chi connectivity index (χ0) is 19.3. The highest BCUT2D eigenvalue weighted by Gasteiger charge is 2.10. The van der Waals surface area contributed by atoms with Gasteiger partial charge in [0.15, 0.2) is 11.5 Å². The topological polar surface area (TPSA) is 108 Å². The first kappa shape index (κ1) is 20.0. The Kier molecular flexibility index (Phi) is 6.41. The van der Waals surface area contributed by atoms with Crippen LogP contribution in [-0.2, 0) is 14.8 Å². The minimum absolute atomic E-state index is 0.0266. The van der Waals surface area contributed by atoms with Gasteiger partial charge in [-0.1, -0.05) is 0 Å². The number of hydrogen-bond donors (Lipinski definition) is 2. The third-order valence-electron chi connectivity index (χ3n) is 3.33. The molecule has 7 nitrogen and oxygen atoms in total. The van der Waals surface area contributed by atoms with Crippen molar-refractivity contribution in [3.8, 4) is 11.5 Å². The van der Waals surface area contributed by atoms with Gasteiger partial charge in [-0.2, -0.15) is 0 Å². The molecule has 3 N–H and O–H groups in total. The lowest BCUT2D eigenvalue weighted by molar-refractivity contribution is -0.111. The van der Waals surface area contributed by atoms with Crippen molar-refractivity contribution in [3.05, 3.63) is 52.5 Å². The fourth-order valence-corrected chi connectivity index (χ4v) is 3.25. The van der Waals surface area contributed by atoms with E-state index < -0.39 is 10.0 Å². The lowest BCUT2D eigenvalue weighted by Crippen LogP contribution is -2.12. The molecule has 0 aliphatic rings. The summed E-state index contributed by atoms with van der Waals surface area (Å²) in [5, 5.41) is 7.65. The molecular weight excluding hydrogens is 424 g/mol. The second-order valence-electron chi connectivity index (χ2n) is 5.13. The standard InChI is InChI=1S/C17H17BrN2O5S/c1-24-15-10-11(9-14(18)17(15)25-2)3-8-16(21)20-12-4-6-13(7-5-12)26(19,22)23/h3-10H,1-2H3,(H,20,21)(H2,19,22,23)/b8-3+. The molecule has 0 saturated heterocycles. The number of benzene rings is 2. The molecule has 0 bridgehead atoms. The summed E-state index contributed by atoms with van der Waals surface area (Å²) in [4.78, 5) is 12.0. The van der Waals surface area contributed by atoms with E-state index in [4.69, 9.17) is 14.6 Å². The minimum Gasteiger partial charge on any atom is -0.493 e. The smallest absolute Gasteiger partial charge is 0.248 e. The van der Waals surface area contributed by atoms with E-state index >= 15 is 0 Å². The summed E-state index contributed by atoms with van der Waals surface area (Å²) in [5.41, 5.74) is 1.18. The molecule has 0 saturated carbocycles. The van der Waals surface area contributed by atoms with Gasteiger partial charge in [0.2, 0.25) is 15.9 Å². The van der Waals surface area contributed by atoms with Crippen molar-refractivity contribution in [2.45, 2.75) is 4.90 Å². The number of methoxy groups -OCH3 is 2. The maximum Gasteiger partial charge on any atom is 0.248 e. The van der Waals surface area contributed by atoms with Gasteiger partial charge < -0.3 is 14.8 Å². The number of sulfonamides is 1. The Hall–Kier alpha value is -2.36. The molecule has 0 aliphatic heterocycles. The van der Waals surface area contributed by atoms with E-state index in [9.17, 15) is 13.2 Å². The second-order valence-corrected chi connectivity index (χ2v) is 7.55. The summed E-state index contributed by atoms with van der Waals surface area (Å²) in [6.07, 6.45) is 2.96. The number of primary sulfonamides is 1. The van der Waals surface area contributed by atoms with Crippen LogP contribution in [0.2, 0.25) is 0 Å². The number of nitrogens with two attached hydrogens (primary N) is 1. The number of anilines is 1. The van der Waals surface area contributed by atoms with Crippen LogP contribution in [0.5, 0.6) is 11.5 Å². The van der Waals surface area contributed by atoms with E-state index in [1.807, 2.05) is 0 Å². The lowest BCUT2D eigenvalue weighted by atomic mass is 10.2. The predicted octanol–water partition coefficient (Wildman–Crippen LogP) is 2.77. The first-order valence-corrected chi connectivity index (χ1v) is 9.62. The van der Waals surface area contributed by atoms with Crippen molar-refractivity contribution < 1.29 is 22.7 Å². The van der Waals surface area contributed by atoms with E-state index in [0.29, 0.717) is 21.7 Å². The van der Waals surface area contributed by atoms with E-state index in [0.717, 1.165) is 5.56 Å². The molecule has 9 heteroatoms. The third-order valence-corrected chi connectivity index (χ3v) is 4.85. The van der Waals surface area contributed by atoms with Crippen LogP contribution in [0.25, 0.3) is 6.08 Å². The van der Waals surface area contributed by atoms with Crippen LogP contribution in [0.15, 0.2) is 51.8 Å². The van der Waals surface area contributed by atoms with E-state index in [-0.39, 0.29) is 10.8 Å². The normalized spacial score (nSPS) is 11.4. The summed E-state index contributed by atoms with van der Waals surface area (Å²) in [6.45, 7) is 0. The number of halogens is 1. The van der Waals surface area contributed by atoms with Crippen LogP contribution in [0.3, 0.4) is 0 Å². The molecule has 0 aromatic heterocycles. The van der Waals surface area contributed by atoms with Crippen molar-refractivity contribution in [2.24, 2.45) is 5.14 Å². The highest BCUT2D eigenvalue weighted by Crippen LogP contribution is 2.36. The first-order valence-electron chi connectivity index (χ1n) is 7.28. The molecular formula is C17H17BrN2O5S. The van der Waals surface area contributed by atoms with Crippen LogP contribution < -0.4 is 19.9 Å². The molecule has 0 unspecified atom stereocenters. The van der Waals surface area contributed by atoms with Gasteiger partial charge in [-0.05, 0) is 64.0 Å². The maximum atomic E-state index is 12.0. The Labute approximate surface area is 160 Å². The van der Waals surface area contributed by atoms with E-state index in [1.165, 1.54) is 44.6 Å². The zero-order valence-corrected chi connectivity index (χ0v) is 16.4. The van der Waals surface area contributed by atoms with Crippen molar-refractivity contribution in [2.75, 3.05) is 19.5 Å². The maximum absolute atomic E-state index is 12.0. The molecule has 138 valence electrons. The molecule has 0 spiro atoms. The quantitative estimate of drug-likeness (QED) is 0.671. The van der Waals surface area contributed by atoms with E-state index in [2.05, 4.69) is 21.2 Å². The summed E-state index contributed by atoms with van der Waals surface area (Å²) in [7, 11) is -0.706. The molecule has 0 heterocycles. The molecule has 0 atom stereocenters. The number of ether oxygens (including phenoxy) is 2. The summed E-state index contributed by atoms with van der Waals surface area (Å²) in [6, 6.07) is 9.07. The van der Waals surface area contributed by atoms with Crippen LogP contribution in [-0.4, -0.2) is 28.5 Å². The molecule has 2 aromatic carbocycles. The summed E-state index contributed by atoms with van der Waals surface area (Å²) in [5.74, 6) is 0.712. The largest absolute Gasteiger partial charge is 0.493 e. The average molecular weight is 441 g/mol. The molecule has 0 radical (unpaired) electrons. The Bertz CT molecular complexity index is 940. The average Bonchev–Trinajstić information content (AvgIpc) is 2.59. The lowest BCUT2D eigenvalue weighted by Gasteiger charge is -2.10. The van der Waals surface area contributed by atoms with Crippen LogP contribution in [0.4, 0.5) is 5.69 Å². The molecule has 1 amide bonds. The van der Waals surface area contributed by atoms with Gasteiger partial charge >= 0.3 is 0 Å². The van der Waals surface area contributed by atoms with E-state index in [1.54, 1.807) is 18.2 Å². The Morgan fingerprint density at radius 2 is 1.81 bits per heavy atom. The number of amides is 1. The fraction of sp³-hybridized carbons (Fsp3) is 0.118. The third kappa shape index (κ3) is 5.07. The number of carbonyl (C=O) groups excluding carboxylic acids is 1. The van der Waals surface area contributed by atoms with Gasteiger partial charge in [0, 0.05) is 11.8 Å². The van der Waals surface area contributed by atoms with Crippen LogP contribution in [0.1, 0.15) is 5.56 Å².